The van der Waals surface area contributed by atoms with Gasteiger partial charge in [-0.1, -0.05) is 30.3 Å². The molecule has 1 aromatic heterocycles. The summed E-state index contributed by atoms with van der Waals surface area (Å²) in [6.07, 6.45) is 1.47. The predicted molar refractivity (Wildman–Crippen MR) is 69.1 cm³/mol. The largest absolute Gasteiger partial charge is 0.348 e. The van der Waals surface area contributed by atoms with Gasteiger partial charge in [-0.2, -0.15) is 0 Å². The molecule has 92 valence electrons. The van der Waals surface area contributed by atoms with Gasteiger partial charge in [0.1, 0.15) is 6.33 Å². The smallest absolute Gasteiger partial charge is 0.255 e. The van der Waals surface area contributed by atoms with Gasteiger partial charge in [-0.15, -0.1) is 0 Å². The number of carbonyl (C=O) groups excluding carboxylic acids is 1. The average molecular weight is 241 g/mol. The minimum Gasteiger partial charge on any atom is -0.348 e. The van der Waals surface area contributed by atoms with E-state index in [2.05, 4.69) is 15.3 Å². The average Bonchev–Trinajstić information content (AvgIpc) is 2.37. The molecule has 1 amide bonds. The van der Waals surface area contributed by atoms with Crippen LogP contribution in [-0.4, -0.2) is 15.9 Å². The zero-order chi connectivity index (χ0) is 13.0. The maximum atomic E-state index is 12.1. The van der Waals surface area contributed by atoms with Crippen molar-refractivity contribution in [3.05, 3.63) is 59.2 Å². The van der Waals surface area contributed by atoms with E-state index in [1.165, 1.54) is 6.33 Å². The van der Waals surface area contributed by atoms with Gasteiger partial charge in [-0.3, -0.25) is 4.79 Å². The van der Waals surface area contributed by atoms with Crippen molar-refractivity contribution in [2.45, 2.75) is 20.4 Å². The Bertz CT molecular complexity index is 532. The van der Waals surface area contributed by atoms with Gasteiger partial charge in [0.25, 0.3) is 5.91 Å². The van der Waals surface area contributed by atoms with Gasteiger partial charge in [0.05, 0.1) is 17.0 Å². The summed E-state index contributed by atoms with van der Waals surface area (Å²) in [5.41, 5.74) is 3.03. The van der Waals surface area contributed by atoms with Gasteiger partial charge < -0.3 is 5.32 Å². The van der Waals surface area contributed by atoms with Crippen LogP contribution in [0.3, 0.4) is 0 Å². The number of nitrogens with one attached hydrogen (secondary N) is 1. The molecule has 0 atom stereocenters. The maximum absolute atomic E-state index is 12.1. The number of aromatic nitrogens is 2. The van der Waals surface area contributed by atoms with E-state index in [0.717, 1.165) is 5.56 Å². The van der Waals surface area contributed by atoms with Gasteiger partial charge in [0.2, 0.25) is 0 Å². The van der Waals surface area contributed by atoms with Crippen molar-refractivity contribution in [3.8, 4) is 0 Å². The minimum atomic E-state index is -0.130. The number of rotatable bonds is 3. The van der Waals surface area contributed by atoms with Gasteiger partial charge in [0, 0.05) is 6.54 Å². The lowest BCUT2D eigenvalue weighted by molar-refractivity contribution is 0.0948. The molecule has 0 saturated carbocycles. The Morgan fingerprint density at radius 2 is 1.72 bits per heavy atom. The number of hydrogen-bond donors (Lipinski definition) is 1. The van der Waals surface area contributed by atoms with E-state index in [0.29, 0.717) is 23.5 Å². The Kier molecular flexibility index (Phi) is 3.67. The summed E-state index contributed by atoms with van der Waals surface area (Å²) in [6, 6.07) is 9.79. The number of nitrogens with zero attached hydrogens (tertiary/aromatic N) is 2. The third-order valence-electron chi connectivity index (χ3n) is 2.75. The van der Waals surface area contributed by atoms with Crippen molar-refractivity contribution in [1.82, 2.24) is 15.3 Å². The molecule has 0 aliphatic rings. The van der Waals surface area contributed by atoms with Crippen molar-refractivity contribution < 1.29 is 4.79 Å². The SMILES string of the molecule is Cc1ncnc(C)c1C(=O)NCc1ccccc1. The Morgan fingerprint density at radius 3 is 2.33 bits per heavy atom. The van der Waals surface area contributed by atoms with Crippen LogP contribution < -0.4 is 5.32 Å². The van der Waals surface area contributed by atoms with Crippen molar-refractivity contribution in [3.63, 3.8) is 0 Å². The topological polar surface area (TPSA) is 54.9 Å². The number of aryl methyl sites for hydroxylation is 2. The van der Waals surface area contributed by atoms with Crippen LogP contribution in [0.15, 0.2) is 36.7 Å². The lowest BCUT2D eigenvalue weighted by Gasteiger charge is -2.08. The van der Waals surface area contributed by atoms with Crippen LogP contribution in [0.1, 0.15) is 27.3 Å². The zero-order valence-electron chi connectivity index (χ0n) is 10.5. The second-order valence-corrected chi connectivity index (χ2v) is 4.09. The van der Waals surface area contributed by atoms with Gasteiger partial charge in [-0.05, 0) is 19.4 Å². The molecule has 0 saturated heterocycles. The molecule has 0 bridgehead atoms. The lowest BCUT2D eigenvalue weighted by atomic mass is 10.1. The van der Waals surface area contributed by atoms with Gasteiger partial charge >= 0.3 is 0 Å². The molecule has 1 heterocycles. The van der Waals surface area contributed by atoms with Gasteiger partial charge in [-0.25, -0.2) is 9.97 Å². The summed E-state index contributed by atoms with van der Waals surface area (Å²) < 4.78 is 0. The van der Waals surface area contributed by atoms with Crippen LogP contribution in [0.25, 0.3) is 0 Å². The third kappa shape index (κ3) is 2.71. The minimum absolute atomic E-state index is 0.130. The van der Waals surface area contributed by atoms with Gasteiger partial charge in [0.15, 0.2) is 0 Å². The van der Waals surface area contributed by atoms with Crippen LogP contribution >= 0.6 is 0 Å². The van der Waals surface area contributed by atoms with Crippen molar-refractivity contribution >= 4 is 5.91 Å². The number of hydrogen-bond acceptors (Lipinski definition) is 3. The second kappa shape index (κ2) is 5.40. The second-order valence-electron chi connectivity index (χ2n) is 4.09. The highest BCUT2D eigenvalue weighted by molar-refractivity contribution is 5.96. The fourth-order valence-electron chi connectivity index (χ4n) is 1.79. The molecule has 0 aliphatic carbocycles. The quantitative estimate of drug-likeness (QED) is 0.894. The molecular weight excluding hydrogens is 226 g/mol. The summed E-state index contributed by atoms with van der Waals surface area (Å²) in [5, 5.41) is 2.88. The highest BCUT2D eigenvalue weighted by Crippen LogP contribution is 2.08. The van der Waals surface area contributed by atoms with Crippen molar-refractivity contribution in [2.75, 3.05) is 0 Å². The molecule has 2 rings (SSSR count). The molecule has 0 spiro atoms. The summed E-state index contributed by atoms with van der Waals surface area (Å²) in [4.78, 5) is 20.2. The summed E-state index contributed by atoms with van der Waals surface area (Å²) in [5.74, 6) is -0.130. The molecule has 0 radical (unpaired) electrons. The fourth-order valence-corrected chi connectivity index (χ4v) is 1.79. The number of carbonyl (C=O) groups is 1. The molecule has 4 nitrogen and oxygen atoms in total. The van der Waals surface area contributed by atoms with Crippen LogP contribution in [0.5, 0.6) is 0 Å². The van der Waals surface area contributed by atoms with Crippen LogP contribution in [0, 0.1) is 13.8 Å². The number of benzene rings is 1. The summed E-state index contributed by atoms with van der Waals surface area (Å²) >= 11 is 0. The van der Waals surface area contributed by atoms with Crippen LogP contribution in [0.4, 0.5) is 0 Å². The predicted octanol–water partition coefficient (Wildman–Crippen LogP) is 2.02. The van der Waals surface area contributed by atoms with E-state index in [1.54, 1.807) is 0 Å². The first-order valence-corrected chi connectivity index (χ1v) is 5.79. The highest BCUT2D eigenvalue weighted by Gasteiger charge is 2.13. The molecule has 1 aromatic carbocycles. The van der Waals surface area contributed by atoms with E-state index in [9.17, 15) is 4.79 Å². The molecule has 0 aliphatic heterocycles. The molecule has 0 fully saturated rings. The molecule has 0 unspecified atom stereocenters. The van der Waals surface area contributed by atoms with E-state index < -0.39 is 0 Å². The maximum Gasteiger partial charge on any atom is 0.255 e. The van der Waals surface area contributed by atoms with E-state index in [4.69, 9.17) is 0 Å². The molecule has 4 heteroatoms. The van der Waals surface area contributed by atoms with Crippen molar-refractivity contribution in [2.24, 2.45) is 0 Å². The standard InChI is InChI=1S/C14H15N3O/c1-10-13(11(2)17-9-16-10)14(18)15-8-12-6-4-3-5-7-12/h3-7,9H,8H2,1-2H3,(H,15,18). The first-order chi connectivity index (χ1) is 8.68. The lowest BCUT2D eigenvalue weighted by Crippen LogP contribution is -2.25. The Balaban J connectivity index is 2.09. The van der Waals surface area contributed by atoms with E-state index in [-0.39, 0.29) is 5.91 Å². The monoisotopic (exact) mass is 241 g/mol. The summed E-state index contributed by atoms with van der Waals surface area (Å²) in [7, 11) is 0. The highest BCUT2D eigenvalue weighted by atomic mass is 16.1. The van der Waals surface area contributed by atoms with Crippen LogP contribution in [-0.2, 0) is 6.54 Å². The first-order valence-electron chi connectivity index (χ1n) is 5.79. The first kappa shape index (κ1) is 12.2. The van der Waals surface area contributed by atoms with E-state index >= 15 is 0 Å². The van der Waals surface area contributed by atoms with Crippen molar-refractivity contribution in [1.29, 1.82) is 0 Å². The number of amides is 1. The normalized spacial score (nSPS) is 10.1. The third-order valence-corrected chi connectivity index (χ3v) is 2.75. The summed E-state index contributed by atoms with van der Waals surface area (Å²) in [6.45, 7) is 4.13. The van der Waals surface area contributed by atoms with Crippen LogP contribution in [0.2, 0.25) is 0 Å². The molecular formula is C14H15N3O. The molecule has 18 heavy (non-hydrogen) atoms. The van der Waals surface area contributed by atoms with E-state index in [1.807, 2.05) is 44.2 Å². The Labute approximate surface area is 106 Å². The Hall–Kier alpha value is -2.23. The fraction of sp³-hybridized carbons (Fsp3) is 0.214. The Morgan fingerprint density at radius 1 is 1.11 bits per heavy atom. The zero-order valence-corrected chi connectivity index (χ0v) is 10.5. The molecule has 2 aromatic rings. The molecule has 1 N–H and O–H groups in total.